The molecule has 0 heterocycles. The summed E-state index contributed by atoms with van der Waals surface area (Å²) < 4.78 is 0. The number of hydrogen-bond acceptors (Lipinski definition) is 2. The summed E-state index contributed by atoms with van der Waals surface area (Å²) in [6.45, 7) is 6.52. The molecule has 1 aromatic carbocycles. The maximum Gasteiger partial charge on any atom is 0.0450 e. The average Bonchev–Trinajstić information content (AvgIpc) is 2.26. The van der Waals surface area contributed by atoms with E-state index in [-0.39, 0.29) is 6.04 Å². The fourth-order valence-corrected chi connectivity index (χ4v) is 2.99. The van der Waals surface area contributed by atoms with Gasteiger partial charge in [-0.25, -0.2) is 0 Å². The van der Waals surface area contributed by atoms with E-state index in [2.05, 4.69) is 45.0 Å². The smallest absolute Gasteiger partial charge is 0.0450 e. The first-order valence-electron chi connectivity index (χ1n) is 5.63. The Kier molecular flexibility index (Phi) is 5.20. The van der Waals surface area contributed by atoms with Crippen molar-refractivity contribution < 1.29 is 0 Å². The van der Waals surface area contributed by atoms with Gasteiger partial charge in [-0.15, -0.1) is 0 Å². The van der Waals surface area contributed by atoms with Gasteiger partial charge in [0.1, 0.15) is 0 Å². The van der Waals surface area contributed by atoms with Crippen LogP contribution in [0.4, 0.5) is 0 Å². The van der Waals surface area contributed by atoms with Crippen molar-refractivity contribution >= 4 is 11.8 Å². The molecule has 0 radical (unpaired) electrons. The normalized spacial score (nSPS) is 14.9. The summed E-state index contributed by atoms with van der Waals surface area (Å²) in [6.07, 6.45) is 1.03. The molecular weight excluding hydrogens is 202 g/mol. The summed E-state index contributed by atoms with van der Waals surface area (Å²) in [5, 5.41) is 0.446. The molecule has 0 aliphatic carbocycles. The quantitative estimate of drug-likeness (QED) is 0.826. The van der Waals surface area contributed by atoms with Gasteiger partial charge in [-0.3, -0.25) is 0 Å². The Bertz CT molecular complexity index is 298. The van der Waals surface area contributed by atoms with Crippen molar-refractivity contribution in [1.82, 2.24) is 0 Å². The van der Waals surface area contributed by atoms with Crippen LogP contribution in [0.15, 0.2) is 24.3 Å². The molecule has 0 saturated heterocycles. The average molecular weight is 223 g/mol. The van der Waals surface area contributed by atoms with Gasteiger partial charge in [-0.1, -0.05) is 38.1 Å². The van der Waals surface area contributed by atoms with Gasteiger partial charge in [-0.05, 0) is 30.2 Å². The SMILES string of the molecule is CCSC(c1ccccc1C)C(N)CC. The van der Waals surface area contributed by atoms with E-state index in [0.29, 0.717) is 5.25 Å². The molecule has 1 rings (SSSR count). The molecule has 2 N–H and O–H groups in total. The lowest BCUT2D eigenvalue weighted by Gasteiger charge is -2.24. The first-order valence-corrected chi connectivity index (χ1v) is 6.68. The third-order valence-corrected chi connectivity index (χ3v) is 4.00. The topological polar surface area (TPSA) is 26.0 Å². The van der Waals surface area contributed by atoms with E-state index in [9.17, 15) is 0 Å². The molecule has 0 fully saturated rings. The molecule has 2 unspecified atom stereocenters. The minimum atomic E-state index is 0.260. The lowest BCUT2D eigenvalue weighted by atomic mass is 10.00. The Morgan fingerprint density at radius 1 is 1.27 bits per heavy atom. The van der Waals surface area contributed by atoms with E-state index in [1.807, 2.05) is 11.8 Å². The number of hydrogen-bond donors (Lipinski definition) is 1. The fraction of sp³-hybridized carbons (Fsp3) is 0.538. The summed E-state index contributed by atoms with van der Waals surface area (Å²) in [7, 11) is 0. The number of benzene rings is 1. The maximum absolute atomic E-state index is 6.18. The Morgan fingerprint density at radius 2 is 1.93 bits per heavy atom. The van der Waals surface area contributed by atoms with Gasteiger partial charge < -0.3 is 5.73 Å². The van der Waals surface area contributed by atoms with E-state index >= 15 is 0 Å². The van der Waals surface area contributed by atoms with Gasteiger partial charge in [0.2, 0.25) is 0 Å². The molecule has 1 aromatic rings. The van der Waals surface area contributed by atoms with E-state index in [0.717, 1.165) is 12.2 Å². The Balaban J connectivity index is 2.93. The molecule has 0 spiro atoms. The van der Waals surface area contributed by atoms with Gasteiger partial charge in [-0.2, -0.15) is 11.8 Å². The highest BCUT2D eigenvalue weighted by molar-refractivity contribution is 7.99. The standard InChI is InChI=1S/C13H21NS/c1-4-12(14)13(15-5-2)11-9-7-6-8-10(11)3/h6-9,12-13H,4-5,14H2,1-3H3. The van der Waals surface area contributed by atoms with Crippen molar-refractivity contribution in [3.8, 4) is 0 Å². The van der Waals surface area contributed by atoms with Crippen LogP contribution < -0.4 is 5.73 Å². The van der Waals surface area contributed by atoms with Crippen molar-refractivity contribution in [3.05, 3.63) is 35.4 Å². The highest BCUT2D eigenvalue weighted by atomic mass is 32.2. The van der Waals surface area contributed by atoms with Crippen molar-refractivity contribution in [3.63, 3.8) is 0 Å². The minimum Gasteiger partial charge on any atom is -0.326 e. The van der Waals surface area contributed by atoms with Gasteiger partial charge in [0.25, 0.3) is 0 Å². The number of rotatable bonds is 5. The predicted octanol–water partition coefficient (Wildman–Crippen LogP) is 3.53. The third kappa shape index (κ3) is 3.25. The van der Waals surface area contributed by atoms with E-state index in [1.54, 1.807) is 0 Å². The zero-order valence-electron chi connectivity index (χ0n) is 9.86. The first kappa shape index (κ1) is 12.6. The summed E-state index contributed by atoms with van der Waals surface area (Å²) in [4.78, 5) is 0. The molecule has 0 bridgehead atoms. The zero-order chi connectivity index (χ0) is 11.3. The summed E-state index contributed by atoms with van der Waals surface area (Å²) in [5.74, 6) is 1.12. The van der Waals surface area contributed by atoms with E-state index in [4.69, 9.17) is 5.73 Å². The van der Waals surface area contributed by atoms with Crippen LogP contribution in [0.3, 0.4) is 0 Å². The van der Waals surface area contributed by atoms with Crippen LogP contribution in [0.25, 0.3) is 0 Å². The highest BCUT2D eigenvalue weighted by Gasteiger charge is 2.19. The molecule has 2 heteroatoms. The van der Waals surface area contributed by atoms with Gasteiger partial charge >= 0.3 is 0 Å². The molecule has 0 aromatic heterocycles. The second-order valence-corrected chi connectivity index (χ2v) is 5.22. The Hall–Kier alpha value is -0.470. The van der Waals surface area contributed by atoms with E-state index < -0.39 is 0 Å². The highest BCUT2D eigenvalue weighted by Crippen LogP contribution is 2.33. The fourth-order valence-electron chi connectivity index (χ4n) is 1.74. The van der Waals surface area contributed by atoms with Crippen LogP contribution in [0.1, 0.15) is 36.6 Å². The van der Waals surface area contributed by atoms with Crippen molar-refractivity contribution in [2.24, 2.45) is 5.73 Å². The minimum absolute atomic E-state index is 0.260. The third-order valence-electron chi connectivity index (χ3n) is 2.70. The molecule has 0 saturated carbocycles. The van der Waals surface area contributed by atoms with Crippen LogP contribution >= 0.6 is 11.8 Å². The molecule has 0 aliphatic heterocycles. The predicted molar refractivity (Wildman–Crippen MR) is 70.3 cm³/mol. The zero-order valence-corrected chi connectivity index (χ0v) is 10.7. The summed E-state index contributed by atoms with van der Waals surface area (Å²) in [6, 6.07) is 8.83. The molecule has 0 amide bonds. The van der Waals surface area contributed by atoms with Crippen LogP contribution in [-0.4, -0.2) is 11.8 Å². The van der Waals surface area contributed by atoms with Crippen LogP contribution in [-0.2, 0) is 0 Å². The largest absolute Gasteiger partial charge is 0.326 e. The number of aryl methyl sites for hydroxylation is 1. The maximum atomic E-state index is 6.18. The Morgan fingerprint density at radius 3 is 2.47 bits per heavy atom. The van der Waals surface area contributed by atoms with Crippen molar-refractivity contribution in [2.75, 3.05) is 5.75 Å². The van der Waals surface area contributed by atoms with Crippen molar-refractivity contribution in [1.29, 1.82) is 0 Å². The van der Waals surface area contributed by atoms with Crippen molar-refractivity contribution in [2.45, 2.75) is 38.5 Å². The molecule has 1 nitrogen and oxygen atoms in total. The van der Waals surface area contributed by atoms with Crippen LogP contribution in [0, 0.1) is 6.92 Å². The van der Waals surface area contributed by atoms with Crippen LogP contribution in [0.5, 0.6) is 0 Å². The van der Waals surface area contributed by atoms with Gasteiger partial charge in [0, 0.05) is 11.3 Å². The number of nitrogens with two attached hydrogens (primary N) is 1. The first-order chi connectivity index (χ1) is 7.20. The summed E-state index contributed by atoms with van der Waals surface area (Å²) in [5.41, 5.74) is 8.94. The lowest BCUT2D eigenvalue weighted by Crippen LogP contribution is -2.26. The van der Waals surface area contributed by atoms with Gasteiger partial charge in [0.15, 0.2) is 0 Å². The molecule has 0 aliphatic rings. The Labute approximate surface area is 97.4 Å². The second kappa shape index (κ2) is 6.19. The molecule has 2 atom stereocenters. The van der Waals surface area contributed by atoms with E-state index in [1.165, 1.54) is 11.1 Å². The lowest BCUT2D eigenvalue weighted by molar-refractivity contribution is 0.632. The second-order valence-electron chi connectivity index (χ2n) is 3.80. The monoisotopic (exact) mass is 223 g/mol. The summed E-state index contributed by atoms with van der Waals surface area (Å²) >= 11 is 1.95. The number of thioether (sulfide) groups is 1. The molecular formula is C13H21NS. The molecule has 15 heavy (non-hydrogen) atoms. The van der Waals surface area contributed by atoms with Gasteiger partial charge in [0.05, 0.1) is 0 Å². The molecule has 84 valence electrons. The van der Waals surface area contributed by atoms with Crippen LogP contribution in [0.2, 0.25) is 0 Å².